The Morgan fingerprint density at radius 3 is 2.17 bits per heavy atom. The molecule has 0 radical (unpaired) electrons. The number of carboxylic acid groups (broad SMARTS) is 2. The van der Waals surface area contributed by atoms with Crippen LogP contribution in [0.15, 0.2) is 0 Å². The molecule has 0 heterocycles. The SMILES string of the molecule is CCNC(CCC(=O)NCCOCCC(=O)NCCCCC(N)C(=O)O)C(=O)O. The fraction of sp³-hybridized carbons (Fsp3) is 0.778. The van der Waals surface area contributed by atoms with Gasteiger partial charge in [0, 0.05) is 25.9 Å². The van der Waals surface area contributed by atoms with Crippen molar-refractivity contribution in [3.05, 3.63) is 0 Å². The van der Waals surface area contributed by atoms with Crippen LogP contribution in [0.25, 0.3) is 0 Å². The van der Waals surface area contributed by atoms with Gasteiger partial charge < -0.3 is 36.6 Å². The zero-order valence-corrected chi connectivity index (χ0v) is 16.9. The van der Waals surface area contributed by atoms with E-state index in [0.717, 1.165) is 0 Å². The molecule has 2 amide bonds. The summed E-state index contributed by atoms with van der Waals surface area (Å²) >= 11 is 0. The fourth-order valence-corrected chi connectivity index (χ4v) is 2.38. The fourth-order valence-electron chi connectivity index (χ4n) is 2.38. The van der Waals surface area contributed by atoms with Gasteiger partial charge in [-0.15, -0.1) is 0 Å². The van der Waals surface area contributed by atoms with Crippen LogP contribution < -0.4 is 21.7 Å². The second-order valence-electron chi connectivity index (χ2n) is 6.49. The van der Waals surface area contributed by atoms with E-state index in [1.165, 1.54) is 0 Å². The van der Waals surface area contributed by atoms with Crippen molar-refractivity contribution in [2.75, 3.05) is 32.8 Å². The average Bonchev–Trinajstić information content (AvgIpc) is 2.66. The van der Waals surface area contributed by atoms with Crippen LogP contribution in [-0.4, -0.2) is 78.9 Å². The number of carboxylic acids is 2. The topological polar surface area (TPSA) is 180 Å². The zero-order valence-electron chi connectivity index (χ0n) is 16.9. The molecule has 11 heteroatoms. The first kappa shape index (κ1) is 26.8. The van der Waals surface area contributed by atoms with Crippen molar-refractivity contribution in [1.82, 2.24) is 16.0 Å². The maximum Gasteiger partial charge on any atom is 0.320 e. The molecule has 0 aliphatic carbocycles. The lowest BCUT2D eigenvalue weighted by Gasteiger charge is -2.12. The molecule has 0 aromatic rings. The van der Waals surface area contributed by atoms with Crippen LogP contribution in [-0.2, 0) is 23.9 Å². The molecule has 0 rings (SSSR count). The van der Waals surface area contributed by atoms with Gasteiger partial charge in [-0.3, -0.25) is 19.2 Å². The Labute approximate surface area is 170 Å². The second-order valence-corrected chi connectivity index (χ2v) is 6.49. The number of ether oxygens (including phenoxy) is 1. The molecule has 29 heavy (non-hydrogen) atoms. The number of nitrogens with two attached hydrogens (primary N) is 1. The quantitative estimate of drug-likeness (QED) is 0.153. The Hall–Kier alpha value is -2.24. The molecule has 0 aliphatic rings. The van der Waals surface area contributed by atoms with Crippen LogP contribution in [0.3, 0.4) is 0 Å². The van der Waals surface area contributed by atoms with Crippen molar-refractivity contribution in [3.8, 4) is 0 Å². The lowest BCUT2D eigenvalue weighted by molar-refractivity contribution is -0.140. The maximum absolute atomic E-state index is 11.7. The molecule has 0 aliphatic heterocycles. The number of carbonyl (C=O) groups excluding carboxylic acids is 2. The number of unbranched alkanes of at least 4 members (excludes halogenated alkanes) is 1. The van der Waals surface area contributed by atoms with E-state index in [1.54, 1.807) is 6.92 Å². The Morgan fingerprint density at radius 1 is 0.897 bits per heavy atom. The smallest absolute Gasteiger partial charge is 0.320 e. The highest BCUT2D eigenvalue weighted by Crippen LogP contribution is 1.99. The van der Waals surface area contributed by atoms with Crippen molar-refractivity contribution in [2.45, 2.75) is 57.5 Å². The van der Waals surface area contributed by atoms with Crippen molar-refractivity contribution in [2.24, 2.45) is 5.73 Å². The van der Waals surface area contributed by atoms with Crippen LogP contribution in [0.5, 0.6) is 0 Å². The summed E-state index contributed by atoms with van der Waals surface area (Å²) in [5, 5.41) is 25.8. The lowest BCUT2D eigenvalue weighted by Crippen LogP contribution is -2.38. The number of amides is 2. The first-order valence-electron chi connectivity index (χ1n) is 9.83. The van der Waals surface area contributed by atoms with Crippen LogP contribution in [0.4, 0.5) is 0 Å². The van der Waals surface area contributed by atoms with Crippen LogP contribution in [0.2, 0.25) is 0 Å². The second kappa shape index (κ2) is 16.7. The third kappa shape index (κ3) is 15.4. The minimum absolute atomic E-state index is 0.101. The highest BCUT2D eigenvalue weighted by Gasteiger charge is 2.17. The van der Waals surface area contributed by atoms with E-state index in [0.29, 0.717) is 32.4 Å². The van der Waals surface area contributed by atoms with Gasteiger partial charge in [0.25, 0.3) is 0 Å². The number of likely N-dealkylation sites (N-methyl/N-ethyl adjacent to an activating group) is 1. The van der Waals surface area contributed by atoms with E-state index in [1.807, 2.05) is 0 Å². The molecule has 0 fully saturated rings. The van der Waals surface area contributed by atoms with Crippen molar-refractivity contribution in [3.63, 3.8) is 0 Å². The Morgan fingerprint density at radius 2 is 1.55 bits per heavy atom. The summed E-state index contributed by atoms with van der Waals surface area (Å²) in [6.45, 7) is 3.51. The molecule has 0 spiro atoms. The number of carbonyl (C=O) groups is 4. The van der Waals surface area contributed by atoms with Gasteiger partial charge in [0.2, 0.25) is 11.8 Å². The van der Waals surface area contributed by atoms with Crippen LogP contribution >= 0.6 is 0 Å². The third-order valence-corrected chi connectivity index (χ3v) is 4.03. The van der Waals surface area contributed by atoms with Gasteiger partial charge in [-0.25, -0.2) is 0 Å². The minimum atomic E-state index is -1.03. The number of hydrogen-bond donors (Lipinski definition) is 6. The van der Waals surface area contributed by atoms with E-state index in [-0.39, 0.29) is 50.8 Å². The Bertz CT molecular complexity index is 516. The van der Waals surface area contributed by atoms with Crippen molar-refractivity contribution < 1.29 is 34.1 Å². The largest absolute Gasteiger partial charge is 0.480 e. The summed E-state index contributed by atoms with van der Waals surface area (Å²) < 4.78 is 5.28. The first-order valence-corrected chi connectivity index (χ1v) is 9.83. The van der Waals surface area contributed by atoms with Crippen molar-refractivity contribution >= 4 is 23.8 Å². The molecule has 11 nitrogen and oxygen atoms in total. The molecule has 0 aromatic carbocycles. The summed E-state index contributed by atoms with van der Waals surface area (Å²) in [7, 11) is 0. The van der Waals surface area contributed by atoms with E-state index in [9.17, 15) is 19.2 Å². The normalized spacial score (nSPS) is 12.8. The highest BCUT2D eigenvalue weighted by molar-refractivity contribution is 5.78. The predicted molar refractivity (Wildman–Crippen MR) is 105 cm³/mol. The number of nitrogens with one attached hydrogen (secondary N) is 3. The monoisotopic (exact) mass is 418 g/mol. The van der Waals surface area contributed by atoms with E-state index < -0.39 is 24.0 Å². The molecule has 0 bridgehead atoms. The van der Waals surface area contributed by atoms with Gasteiger partial charge in [-0.1, -0.05) is 6.92 Å². The molecule has 0 saturated carbocycles. The summed E-state index contributed by atoms with van der Waals surface area (Å²) in [6.07, 6.45) is 2.13. The standard InChI is InChI=1S/C18H34N4O7/c1-2-20-14(18(27)28)6-7-15(23)22-10-12-29-11-8-16(24)21-9-4-3-5-13(19)17(25)26/h13-14,20H,2-12,19H2,1H3,(H,21,24)(H,22,23)(H,25,26)(H,27,28). The van der Waals surface area contributed by atoms with Crippen LogP contribution in [0, 0.1) is 0 Å². The third-order valence-electron chi connectivity index (χ3n) is 4.03. The summed E-state index contributed by atoms with van der Waals surface area (Å²) in [4.78, 5) is 44.8. The summed E-state index contributed by atoms with van der Waals surface area (Å²) in [5.41, 5.74) is 5.38. The average molecular weight is 418 g/mol. The zero-order chi connectivity index (χ0) is 22.1. The first-order chi connectivity index (χ1) is 13.8. The summed E-state index contributed by atoms with van der Waals surface area (Å²) in [5.74, 6) is -2.43. The Kier molecular flexibility index (Phi) is 15.4. The van der Waals surface area contributed by atoms with Gasteiger partial charge in [-0.2, -0.15) is 0 Å². The van der Waals surface area contributed by atoms with Gasteiger partial charge in [0.1, 0.15) is 12.1 Å². The Balaban J connectivity index is 3.59. The lowest BCUT2D eigenvalue weighted by atomic mass is 10.1. The molecule has 7 N–H and O–H groups in total. The van der Waals surface area contributed by atoms with Gasteiger partial charge in [0.05, 0.1) is 13.2 Å². The molecule has 168 valence electrons. The minimum Gasteiger partial charge on any atom is -0.480 e. The number of hydrogen-bond acceptors (Lipinski definition) is 7. The van der Waals surface area contributed by atoms with Gasteiger partial charge in [-0.05, 0) is 32.2 Å². The highest BCUT2D eigenvalue weighted by atomic mass is 16.5. The molecule has 0 aromatic heterocycles. The number of aliphatic carboxylic acids is 2. The molecule has 2 unspecified atom stereocenters. The molecule has 0 saturated heterocycles. The molecular weight excluding hydrogens is 384 g/mol. The van der Waals surface area contributed by atoms with Crippen molar-refractivity contribution in [1.29, 1.82) is 0 Å². The van der Waals surface area contributed by atoms with E-state index in [4.69, 9.17) is 20.7 Å². The predicted octanol–water partition coefficient (Wildman–Crippen LogP) is -0.949. The molecule has 2 atom stereocenters. The summed E-state index contributed by atoms with van der Waals surface area (Å²) in [6, 6.07) is -1.61. The van der Waals surface area contributed by atoms with Gasteiger partial charge >= 0.3 is 11.9 Å². The number of rotatable bonds is 18. The molecular formula is C18H34N4O7. The van der Waals surface area contributed by atoms with Gasteiger partial charge in [0.15, 0.2) is 0 Å². The van der Waals surface area contributed by atoms with E-state index >= 15 is 0 Å². The van der Waals surface area contributed by atoms with Crippen LogP contribution in [0.1, 0.15) is 45.4 Å². The van der Waals surface area contributed by atoms with E-state index in [2.05, 4.69) is 16.0 Å². The maximum atomic E-state index is 11.7.